The summed E-state index contributed by atoms with van der Waals surface area (Å²) in [5, 5.41) is 8.00. The zero-order valence-electron chi connectivity index (χ0n) is 12.4. The first-order valence-corrected chi connectivity index (χ1v) is 8.27. The Morgan fingerprint density at radius 3 is 2.55 bits per heavy atom. The van der Waals surface area contributed by atoms with Gasteiger partial charge in [0.25, 0.3) is 0 Å². The van der Waals surface area contributed by atoms with E-state index >= 15 is 0 Å². The van der Waals surface area contributed by atoms with Crippen molar-refractivity contribution in [3.8, 4) is 0 Å². The highest BCUT2D eigenvalue weighted by Crippen LogP contribution is 2.32. The normalized spacial score (nSPS) is 12.6. The summed E-state index contributed by atoms with van der Waals surface area (Å²) in [6.07, 6.45) is 0. The van der Waals surface area contributed by atoms with Crippen LogP contribution >= 0.6 is 11.6 Å². The van der Waals surface area contributed by atoms with E-state index in [2.05, 4.69) is 15.4 Å². The van der Waals surface area contributed by atoms with Crippen LogP contribution in [-0.4, -0.2) is 26.2 Å². The fourth-order valence-corrected chi connectivity index (χ4v) is 3.66. The molecular formula is C15H15ClN4OS. The van der Waals surface area contributed by atoms with Crippen molar-refractivity contribution in [3.05, 3.63) is 46.7 Å². The van der Waals surface area contributed by atoms with Crippen molar-refractivity contribution in [1.29, 1.82) is 0 Å². The summed E-state index contributed by atoms with van der Waals surface area (Å²) in [6, 6.07) is 9.27. The predicted octanol–water partition coefficient (Wildman–Crippen LogP) is 3.21. The van der Waals surface area contributed by atoms with Gasteiger partial charge in [-0.15, -0.1) is 5.10 Å². The van der Waals surface area contributed by atoms with Crippen LogP contribution in [0.1, 0.15) is 11.4 Å². The maximum absolute atomic E-state index is 13.0. The highest BCUT2D eigenvalue weighted by atomic mass is 35.5. The Kier molecular flexibility index (Phi) is 3.99. The number of hydrogen-bond acceptors (Lipinski definition) is 4. The Labute approximate surface area is 136 Å². The molecule has 0 radical (unpaired) electrons. The molecule has 0 aliphatic heterocycles. The molecule has 22 heavy (non-hydrogen) atoms. The molecule has 0 aliphatic rings. The molecule has 5 nitrogen and oxygen atoms in total. The van der Waals surface area contributed by atoms with Crippen LogP contribution in [0.3, 0.4) is 0 Å². The van der Waals surface area contributed by atoms with E-state index in [0.29, 0.717) is 32.0 Å². The van der Waals surface area contributed by atoms with E-state index in [1.54, 1.807) is 11.6 Å². The SMILES string of the molecule is CNc1nn2c(C)c(Cl)c(C)nc2c1[S+]([O-])c1ccccc1. The minimum atomic E-state index is -1.38. The zero-order chi connectivity index (χ0) is 15.9. The predicted molar refractivity (Wildman–Crippen MR) is 88.1 cm³/mol. The van der Waals surface area contributed by atoms with Crippen LogP contribution in [0.25, 0.3) is 5.65 Å². The Morgan fingerprint density at radius 2 is 1.91 bits per heavy atom. The van der Waals surface area contributed by atoms with Gasteiger partial charge in [-0.25, -0.2) is 9.50 Å². The molecule has 114 valence electrons. The van der Waals surface area contributed by atoms with Gasteiger partial charge in [-0.05, 0) is 26.0 Å². The van der Waals surface area contributed by atoms with E-state index < -0.39 is 11.2 Å². The quantitative estimate of drug-likeness (QED) is 0.747. The molecule has 1 N–H and O–H groups in total. The maximum atomic E-state index is 13.0. The van der Waals surface area contributed by atoms with Gasteiger partial charge in [0, 0.05) is 18.2 Å². The molecule has 0 amide bonds. The van der Waals surface area contributed by atoms with Crippen molar-refractivity contribution < 1.29 is 4.55 Å². The topological polar surface area (TPSA) is 65.3 Å². The Bertz CT molecular complexity index is 835. The standard InChI is InChI=1S/C15H15ClN4OS/c1-9-12(16)10(2)20-15(18-9)13(14(17-3)19-20)22(21)11-7-5-4-6-8-11/h4-8H,1-3H3,(H,17,19). The van der Waals surface area contributed by atoms with Crippen LogP contribution in [0.15, 0.2) is 40.1 Å². The Balaban J connectivity index is 2.28. The third kappa shape index (κ3) is 2.33. The van der Waals surface area contributed by atoms with Crippen LogP contribution in [0, 0.1) is 13.8 Å². The molecule has 0 aliphatic carbocycles. The monoisotopic (exact) mass is 334 g/mol. The third-order valence-electron chi connectivity index (χ3n) is 3.42. The number of aromatic nitrogens is 3. The van der Waals surface area contributed by atoms with Gasteiger partial charge >= 0.3 is 0 Å². The summed E-state index contributed by atoms with van der Waals surface area (Å²) in [6.45, 7) is 3.70. The minimum Gasteiger partial charge on any atom is -0.606 e. The molecule has 0 saturated heterocycles. The molecule has 3 aromatic rings. The van der Waals surface area contributed by atoms with Gasteiger partial charge in [-0.1, -0.05) is 29.8 Å². The van der Waals surface area contributed by atoms with Gasteiger partial charge in [0.2, 0.25) is 16.4 Å². The van der Waals surface area contributed by atoms with Gasteiger partial charge in [0.15, 0.2) is 4.90 Å². The molecule has 2 heterocycles. The van der Waals surface area contributed by atoms with E-state index in [9.17, 15) is 4.55 Å². The smallest absolute Gasteiger partial charge is 0.247 e. The summed E-state index contributed by atoms with van der Waals surface area (Å²) < 4.78 is 14.6. The Hall–Kier alpha value is -1.76. The van der Waals surface area contributed by atoms with Gasteiger partial charge in [0.05, 0.1) is 16.4 Å². The molecule has 0 bridgehead atoms. The minimum absolute atomic E-state index is 0.541. The second-order valence-electron chi connectivity index (χ2n) is 4.84. The number of nitrogens with one attached hydrogen (secondary N) is 1. The van der Waals surface area contributed by atoms with Gasteiger partial charge in [-0.2, -0.15) is 0 Å². The van der Waals surface area contributed by atoms with E-state index in [0.717, 1.165) is 5.69 Å². The molecule has 2 aromatic heterocycles. The van der Waals surface area contributed by atoms with E-state index in [-0.39, 0.29) is 0 Å². The van der Waals surface area contributed by atoms with Gasteiger partial charge < -0.3 is 9.87 Å². The molecule has 1 unspecified atom stereocenters. The number of anilines is 1. The summed E-state index contributed by atoms with van der Waals surface area (Å²) >= 11 is 4.86. The molecular weight excluding hydrogens is 320 g/mol. The largest absolute Gasteiger partial charge is 0.606 e. The molecule has 7 heteroatoms. The first-order valence-electron chi connectivity index (χ1n) is 6.74. The number of hydrogen-bond donors (Lipinski definition) is 1. The zero-order valence-corrected chi connectivity index (χ0v) is 14.0. The Morgan fingerprint density at radius 1 is 1.23 bits per heavy atom. The second-order valence-corrected chi connectivity index (χ2v) is 6.64. The van der Waals surface area contributed by atoms with Crippen LogP contribution in [0.4, 0.5) is 5.82 Å². The van der Waals surface area contributed by atoms with Crippen molar-refractivity contribution in [2.75, 3.05) is 12.4 Å². The summed E-state index contributed by atoms with van der Waals surface area (Å²) in [4.78, 5) is 5.76. The highest BCUT2D eigenvalue weighted by molar-refractivity contribution is 7.91. The molecule has 3 rings (SSSR count). The van der Waals surface area contributed by atoms with Crippen molar-refractivity contribution in [1.82, 2.24) is 14.6 Å². The van der Waals surface area contributed by atoms with Crippen LogP contribution < -0.4 is 5.32 Å². The lowest BCUT2D eigenvalue weighted by Crippen LogP contribution is -2.06. The van der Waals surface area contributed by atoms with Crippen molar-refractivity contribution in [2.45, 2.75) is 23.6 Å². The van der Waals surface area contributed by atoms with Crippen LogP contribution in [0.2, 0.25) is 5.02 Å². The third-order valence-corrected chi connectivity index (χ3v) is 5.42. The van der Waals surface area contributed by atoms with Crippen LogP contribution in [0.5, 0.6) is 0 Å². The first kappa shape index (κ1) is 15.1. The van der Waals surface area contributed by atoms with E-state index in [1.807, 2.05) is 44.2 Å². The fourth-order valence-electron chi connectivity index (χ4n) is 2.29. The number of halogens is 1. The van der Waals surface area contributed by atoms with Crippen molar-refractivity contribution in [2.24, 2.45) is 0 Å². The molecule has 1 atom stereocenters. The summed E-state index contributed by atoms with van der Waals surface area (Å²) in [5.41, 5.74) is 2.03. The molecule has 0 fully saturated rings. The average Bonchev–Trinajstić information content (AvgIpc) is 2.91. The molecule has 1 aromatic carbocycles. The number of nitrogens with zero attached hydrogens (tertiary/aromatic N) is 3. The lowest BCUT2D eigenvalue weighted by atomic mass is 10.3. The van der Waals surface area contributed by atoms with Gasteiger partial charge in [-0.3, -0.25) is 0 Å². The number of aryl methyl sites for hydroxylation is 2. The first-order chi connectivity index (χ1) is 10.5. The van der Waals surface area contributed by atoms with E-state index in [1.165, 1.54) is 0 Å². The van der Waals surface area contributed by atoms with Crippen LogP contribution in [-0.2, 0) is 11.2 Å². The lowest BCUT2D eigenvalue weighted by Gasteiger charge is -2.10. The maximum Gasteiger partial charge on any atom is 0.247 e. The molecule has 0 saturated carbocycles. The summed E-state index contributed by atoms with van der Waals surface area (Å²) in [5.74, 6) is 0.541. The highest BCUT2D eigenvalue weighted by Gasteiger charge is 2.28. The average molecular weight is 335 g/mol. The molecule has 0 spiro atoms. The number of rotatable bonds is 3. The fraction of sp³-hybridized carbons (Fsp3) is 0.200. The van der Waals surface area contributed by atoms with E-state index in [4.69, 9.17) is 11.6 Å². The summed E-state index contributed by atoms with van der Waals surface area (Å²) in [7, 11) is 1.75. The lowest BCUT2D eigenvalue weighted by molar-refractivity contribution is 0.596. The van der Waals surface area contributed by atoms with Crippen molar-refractivity contribution >= 4 is 34.2 Å². The number of fused-ring (bicyclic) bond motifs is 1. The van der Waals surface area contributed by atoms with Crippen molar-refractivity contribution in [3.63, 3.8) is 0 Å². The number of benzene rings is 1. The second kappa shape index (κ2) is 5.79. The van der Waals surface area contributed by atoms with Gasteiger partial charge in [0.1, 0.15) is 0 Å².